The van der Waals surface area contributed by atoms with Gasteiger partial charge in [0, 0.05) is 23.2 Å². The van der Waals surface area contributed by atoms with Crippen molar-refractivity contribution in [1.82, 2.24) is 14.8 Å². The van der Waals surface area contributed by atoms with Crippen molar-refractivity contribution in [2.24, 2.45) is 0 Å². The Kier molecular flexibility index (Phi) is 5.46. The highest BCUT2D eigenvalue weighted by atomic mass is 19.4. The van der Waals surface area contributed by atoms with Gasteiger partial charge in [0.25, 0.3) is 5.56 Å². The Labute approximate surface area is 175 Å². The van der Waals surface area contributed by atoms with Crippen LogP contribution in [0.4, 0.5) is 13.2 Å². The average Bonchev–Trinajstić information content (AvgIpc) is 2.73. The molecule has 0 N–H and O–H groups in total. The summed E-state index contributed by atoms with van der Waals surface area (Å²) in [5.74, 6) is -0.298. The molecule has 4 rings (SSSR count). The van der Waals surface area contributed by atoms with Crippen LogP contribution in [0.3, 0.4) is 0 Å². The van der Waals surface area contributed by atoms with Gasteiger partial charge in [-0.15, -0.1) is 13.2 Å². The number of alkyl halides is 3. The molecule has 0 fully saturated rings. The minimum Gasteiger partial charge on any atom is -0.406 e. The molecule has 0 spiro atoms. The molecule has 0 unspecified atom stereocenters. The molecule has 0 saturated carbocycles. The summed E-state index contributed by atoms with van der Waals surface area (Å²) in [6.45, 7) is 2.30. The van der Waals surface area contributed by atoms with Gasteiger partial charge in [0.2, 0.25) is 0 Å². The Bertz CT molecular complexity index is 1280. The Balaban J connectivity index is 1.60. The number of halogens is 3. The van der Waals surface area contributed by atoms with Gasteiger partial charge in [0.1, 0.15) is 5.75 Å². The molecule has 0 saturated heterocycles. The van der Waals surface area contributed by atoms with Crippen LogP contribution in [0, 0.1) is 6.92 Å². The van der Waals surface area contributed by atoms with Gasteiger partial charge in [0.05, 0.1) is 18.1 Å². The van der Waals surface area contributed by atoms with Crippen LogP contribution in [-0.2, 0) is 13.0 Å². The van der Waals surface area contributed by atoms with E-state index >= 15 is 0 Å². The summed E-state index contributed by atoms with van der Waals surface area (Å²) in [6.07, 6.45) is -2.54. The minimum atomic E-state index is -4.74. The van der Waals surface area contributed by atoms with Crippen LogP contribution in [0.5, 0.6) is 5.75 Å². The van der Waals surface area contributed by atoms with Gasteiger partial charge in [-0.3, -0.25) is 9.78 Å². The fourth-order valence-corrected chi connectivity index (χ4v) is 3.32. The molecule has 158 valence electrons. The van der Waals surface area contributed by atoms with E-state index in [1.807, 2.05) is 25.1 Å². The van der Waals surface area contributed by atoms with Crippen molar-refractivity contribution in [2.45, 2.75) is 26.3 Å². The van der Waals surface area contributed by atoms with E-state index < -0.39 is 6.36 Å². The van der Waals surface area contributed by atoms with E-state index in [0.717, 1.165) is 11.4 Å². The molecule has 2 aromatic heterocycles. The lowest BCUT2D eigenvalue weighted by Gasteiger charge is -2.10. The number of hydrogen-bond donors (Lipinski definition) is 0. The van der Waals surface area contributed by atoms with Gasteiger partial charge < -0.3 is 4.74 Å². The lowest BCUT2D eigenvalue weighted by atomic mass is 10.0. The zero-order valence-electron chi connectivity index (χ0n) is 16.6. The number of aromatic nitrogens is 3. The maximum absolute atomic E-state index is 12.9. The molecule has 0 atom stereocenters. The van der Waals surface area contributed by atoms with Crippen molar-refractivity contribution in [1.29, 1.82) is 0 Å². The zero-order valence-corrected chi connectivity index (χ0v) is 16.6. The average molecular weight is 425 g/mol. The summed E-state index contributed by atoms with van der Waals surface area (Å²) in [6, 6.07) is 16.6. The van der Waals surface area contributed by atoms with Crippen molar-refractivity contribution < 1.29 is 17.9 Å². The van der Waals surface area contributed by atoms with E-state index in [1.54, 1.807) is 24.4 Å². The zero-order chi connectivity index (χ0) is 22.0. The van der Waals surface area contributed by atoms with Crippen LogP contribution in [0.15, 0.2) is 71.7 Å². The standard InChI is InChI=1S/C23H18F3N3O2/c1-15-3-2-4-19(28-15)11-12-29-22(30)21-13-17(5-6-18(21)14-27-29)16-7-9-20(10-8-16)31-23(24,25)26/h2-10,13-14H,11-12H2,1H3. The van der Waals surface area contributed by atoms with Gasteiger partial charge >= 0.3 is 6.36 Å². The maximum Gasteiger partial charge on any atom is 0.573 e. The lowest BCUT2D eigenvalue weighted by Crippen LogP contribution is -2.24. The smallest absolute Gasteiger partial charge is 0.406 e. The summed E-state index contributed by atoms with van der Waals surface area (Å²) in [7, 11) is 0. The predicted octanol–water partition coefficient (Wildman–Crippen LogP) is 4.91. The number of aryl methyl sites for hydroxylation is 3. The highest BCUT2D eigenvalue weighted by Crippen LogP contribution is 2.27. The van der Waals surface area contributed by atoms with E-state index in [-0.39, 0.29) is 11.3 Å². The van der Waals surface area contributed by atoms with E-state index in [0.29, 0.717) is 34.9 Å². The first-order valence-corrected chi connectivity index (χ1v) is 9.57. The molecule has 0 bridgehead atoms. The number of benzene rings is 2. The number of nitrogens with zero attached hydrogens (tertiary/aromatic N) is 3. The summed E-state index contributed by atoms with van der Waals surface area (Å²) >= 11 is 0. The molecule has 8 heteroatoms. The molecule has 4 aromatic rings. The number of hydrogen-bond acceptors (Lipinski definition) is 4. The molecule has 5 nitrogen and oxygen atoms in total. The fraction of sp³-hybridized carbons (Fsp3) is 0.174. The van der Waals surface area contributed by atoms with Crippen LogP contribution in [0.2, 0.25) is 0 Å². The Morgan fingerprint density at radius 3 is 2.45 bits per heavy atom. The SMILES string of the molecule is Cc1cccc(CCn2ncc3ccc(-c4ccc(OC(F)(F)F)cc4)cc3c2=O)n1. The largest absolute Gasteiger partial charge is 0.573 e. The second kappa shape index (κ2) is 8.22. The van der Waals surface area contributed by atoms with Crippen molar-refractivity contribution in [3.05, 3.63) is 88.6 Å². The fourth-order valence-electron chi connectivity index (χ4n) is 3.32. The second-order valence-electron chi connectivity index (χ2n) is 7.07. The van der Waals surface area contributed by atoms with Crippen LogP contribution in [0.25, 0.3) is 21.9 Å². The van der Waals surface area contributed by atoms with Gasteiger partial charge in [0.15, 0.2) is 0 Å². The Hall–Kier alpha value is -3.68. The first kappa shape index (κ1) is 20.6. The molecular weight excluding hydrogens is 407 g/mol. The third-order valence-corrected chi connectivity index (χ3v) is 4.80. The highest BCUT2D eigenvalue weighted by Gasteiger charge is 2.30. The molecule has 0 aliphatic heterocycles. The number of fused-ring (bicyclic) bond motifs is 1. The van der Waals surface area contributed by atoms with Crippen molar-refractivity contribution in [2.75, 3.05) is 0 Å². The molecule has 0 radical (unpaired) electrons. The van der Waals surface area contributed by atoms with E-state index in [2.05, 4.69) is 14.8 Å². The minimum absolute atomic E-state index is 0.232. The number of rotatable bonds is 5. The molecule has 0 aliphatic carbocycles. The van der Waals surface area contributed by atoms with Gasteiger partial charge in [-0.05, 0) is 48.4 Å². The topological polar surface area (TPSA) is 57.0 Å². The van der Waals surface area contributed by atoms with Crippen molar-refractivity contribution >= 4 is 10.8 Å². The molecule has 31 heavy (non-hydrogen) atoms. The number of pyridine rings is 1. The summed E-state index contributed by atoms with van der Waals surface area (Å²) in [5, 5.41) is 5.42. The summed E-state index contributed by atoms with van der Waals surface area (Å²) in [5.41, 5.74) is 2.93. The van der Waals surface area contributed by atoms with Crippen molar-refractivity contribution in [3.63, 3.8) is 0 Å². The Morgan fingerprint density at radius 2 is 1.74 bits per heavy atom. The molecule has 2 heterocycles. The van der Waals surface area contributed by atoms with Crippen LogP contribution < -0.4 is 10.3 Å². The van der Waals surface area contributed by atoms with Gasteiger partial charge in [-0.25, -0.2) is 4.68 Å². The quantitative estimate of drug-likeness (QED) is 0.456. The monoisotopic (exact) mass is 425 g/mol. The summed E-state index contributed by atoms with van der Waals surface area (Å²) in [4.78, 5) is 17.4. The normalized spacial score (nSPS) is 11.6. The molecular formula is C23H18F3N3O2. The summed E-state index contributed by atoms with van der Waals surface area (Å²) < 4.78 is 42.3. The van der Waals surface area contributed by atoms with Crippen molar-refractivity contribution in [3.8, 4) is 16.9 Å². The number of ether oxygens (including phenoxy) is 1. The first-order valence-electron chi connectivity index (χ1n) is 9.57. The van der Waals surface area contributed by atoms with E-state index in [9.17, 15) is 18.0 Å². The third-order valence-electron chi connectivity index (χ3n) is 4.80. The third kappa shape index (κ3) is 4.91. The molecule has 0 amide bonds. The lowest BCUT2D eigenvalue weighted by molar-refractivity contribution is -0.274. The second-order valence-corrected chi connectivity index (χ2v) is 7.07. The predicted molar refractivity (Wildman–Crippen MR) is 111 cm³/mol. The molecule has 0 aliphatic rings. The maximum atomic E-state index is 12.9. The highest BCUT2D eigenvalue weighted by molar-refractivity contribution is 5.86. The Morgan fingerprint density at radius 1 is 1.00 bits per heavy atom. The van der Waals surface area contributed by atoms with Crippen LogP contribution in [0.1, 0.15) is 11.4 Å². The first-order chi connectivity index (χ1) is 14.8. The van der Waals surface area contributed by atoms with E-state index in [1.165, 1.54) is 28.9 Å². The van der Waals surface area contributed by atoms with Crippen LogP contribution in [-0.4, -0.2) is 21.1 Å². The molecule has 2 aromatic carbocycles. The van der Waals surface area contributed by atoms with Gasteiger partial charge in [-0.2, -0.15) is 5.10 Å². The van der Waals surface area contributed by atoms with Crippen LogP contribution >= 0.6 is 0 Å². The van der Waals surface area contributed by atoms with E-state index in [4.69, 9.17) is 0 Å². The van der Waals surface area contributed by atoms with Gasteiger partial charge in [-0.1, -0.05) is 30.3 Å².